The van der Waals surface area contributed by atoms with Crippen LogP contribution in [-0.2, 0) is 32.5 Å². The van der Waals surface area contributed by atoms with Crippen LogP contribution in [-0.4, -0.2) is 88.3 Å². The smallest absolute Gasteiger partial charge is 0.408 e. The van der Waals surface area contributed by atoms with Crippen molar-refractivity contribution in [1.82, 2.24) is 20.2 Å². The standard InChI is InChI=1S/C28H45N5O7/c1-8-39-26(37)24(18(2)3)31-25(36)20(30-27(38)40-28(4,5)6)10-12-23-29-21-17-19(9-11-22(21)32(23)7)33(13-15-34)14-16-35/h9,11,17-18,20,24,34-35H,8,10,12-16H2,1-7H3,(H,30,38)(H,31,36)/t20-,24-/m0/s1. The predicted molar refractivity (Wildman–Crippen MR) is 152 cm³/mol. The Labute approximate surface area is 236 Å². The molecule has 40 heavy (non-hydrogen) atoms. The number of aromatic nitrogens is 2. The first-order chi connectivity index (χ1) is 18.8. The molecule has 0 saturated carbocycles. The van der Waals surface area contributed by atoms with E-state index < -0.39 is 35.7 Å². The summed E-state index contributed by atoms with van der Waals surface area (Å²) in [6, 6.07) is 3.84. The molecule has 0 saturated heterocycles. The number of carbonyl (C=O) groups excluding carboxylic acids is 3. The molecule has 1 heterocycles. The van der Waals surface area contributed by atoms with Crippen LogP contribution in [0.3, 0.4) is 0 Å². The summed E-state index contributed by atoms with van der Waals surface area (Å²) < 4.78 is 12.4. The van der Waals surface area contributed by atoms with E-state index in [0.29, 0.717) is 25.3 Å². The summed E-state index contributed by atoms with van der Waals surface area (Å²) in [6.45, 7) is 11.3. The van der Waals surface area contributed by atoms with Crippen molar-refractivity contribution in [2.45, 2.75) is 72.1 Å². The number of alkyl carbamates (subject to hydrolysis) is 1. The Morgan fingerprint density at radius 2 is 1.75 bits per heavy atom. The topological polar surface area (TPSA) is 155 Å². The summed E-state index contributed by atoms with van der Waals surface area (Å²) in [6.07, 6.45) is -0.200. The van der Waals surface area contributed by atoms with Gasteiger partial charge in [0.2, 0.25) is 5.91 Å². The van der Waals surface area contributed by atoms with Gasteiger partial charge in [-0.15, -0.1) is 0 Å². The first kappa shape index (κ1) is 32.8. The molecule has 4 N–H and O–H groups in total. The van der Waals surface area contributed by atoms with Gasteiger partial charge in [0, 0.05) is 32.2 Å². The average Bonchev–Trinajstić information content (AvgIpc) is 3.18. The molecule has 0 fully saturated rings. The molecular formula is C28H45N5O7. The maximum atomic E-state index is 13.3. The summed E-state index contributed by atoms with van der Waals surface area (Å²) >= 11 is 0. The Hall–Kier alpha value is -3.38. The van der Waals surface area contributed by atoms with E-state index in [1.165, 1.54) is 0 Å². The Morgan fingerprint density at radius 3 is 2.30 bits per heavy atom. The molecule has 0 unspecified atom stereocenters. The minimum atomic E-state index is -0.995. The Bertz CT molecular complexity index is 1140. The number of hydrogen-bond acceptors (Lipinski definition) is 9. The molecule has 224 valence electrons. The van der Waals surface area contributed by atoms with Gasteiger partial charge in [-0.05, 0) is 58.2 Å². The fraction of sp³-hybridized carbons (Fsp3) is 0.643. The summed E-state index contributed by atoms with van der Waals surface area (Å²) in [5.74, 6) is -0.597. The van der Waals surface area contributed by atoms with Crippen LogP contribution in [0.25, 0.3) is 11.0 Å². The van der Waals surface area contributed by atoms with E-state index in [4.69, 9.17) is 14.5 Å². The molecule has 1 aromatic carbocycles. The van der Waals surface area contributed by atoms with Crippen LogP contribution in [0.2, 0.25) is 0 Å². The van der Waals surface area contributed by atoms with Crippen LogP contribution in [0.4, 0.5) is 10.5 Å². The SMILES string of the molecule is CCOC(=O)[C@@H](NC(=O)[C@H](CCc1nc2cc(N(CCO)CCO)ccc2n1C)NC(=O)OC(C)(C)C)C(C)C. The number of ether oxygens (including phenoxy) is 2. The van der Waals surface area contributed by atoms with Gasteiger partial charge < -0.3 is 39.8 Å². The number of carbonyl (C=O) groups is 3. The molecule has 2 atom stereocenters. The fourth-order valence-electron chi connectivity index (χ4n) is 4.25. The number of anilines is 1. The van der Waals surface area contributed by atoms with E-state index in [0.717, 1.165) is 16.7 Å². The second-order valence-electron chi connectivity index (χ2n) is 10.9. The minimum Gasteiger partial charge on any atom is -0.464 e. The van der Waals surface area contributed by atoms with Crippen molar-refractivity contribution in [1.29, 1.82) is 0 Å². The van der Waals surface area contributed by atoms with Crippen molar-refractivity contribution < 1.29 is 34.1 Å². The van der Waals surface area contributed by atoms with E-state index in [9.17, 15) is 24.6 Å². The van der Waals surface area contributed by atoms with Gasteiger partial charge in [0.15, 0.2) is 0 Å². The van der Waals surface area contributed by atoms with Crippen LogP contribution >= 0.6 is 0 Å². The summed E-state index contributed by atoms with van der Waals surface area (Å²) in [5, 5.41) is 24.1. The molecule has 0 aliphatic carbocycles. The molecule has 12 nitrogen and oxygen atoms in total. The molecule has 0 aliphatic heterocycles. The Morgan fingerprint density at radius 1 is 1.10 bits per heavy atom. The van der Waals surface area contributed by atoms with Crippen molar-refractivity contribution in [3.63, 3.8) is 0 Å². The van der Waals surface area contributed by atoms with E-state index >= 15 is 0 Å². The monoisotopic (exact) mass is 563 g/mol. The number of amides is 2. The molecule has 12 heteroatoms. The number of benzene rings is 1. The van der Waals surface area contributed by atoms with Crippen LogP contribution in [0.15, 0.2) is 18.2 Å². The van der Waals surface area contributed by atoms with Crippen molar-refractivity contribution in [3.8, 4) is 0 Å². The van der Waals surface area contributed by atoms with E-state index in [-0.39, 0.29) is 32.2 Å². The highest BCUT2D eigenvalue weighted by molar-refractivity contribution is 5.90. The average molecular weight is 564 g/mol. The van der Waals surface area contributed by atoms with Crippen LogP contribution in [0.5, 0.6) is 0 Å². The number of aliphatic hydroxyl groups excluding tert-OH is 2. The first-order valence-corrected chi connectivity index (χ1v) is 13.7. The van der Waals surface area contributed by atoms with Crippen molar-refractivity contribution >= 4 is 34.7 Å². The fourth-order valence-corrected chi connectivity index (χ4v) is 4.25. The third-order valence-corrected chi connectivity index (χ3v) is 6.23. The number of nitrogens with one attached hydrogen (secondary N) is 2. The largest absolute Gasteiger partial charge is 0.464 e. The van der Waals surface area contributed by atoms with E-state index in [2.05, 4.69) is 10.6 Å². The highest BCUT2D eigenvalue weighted by Crippen LogP contribution is 2.23. The lowest BCUT2D eigenvalue weighted by Gasteiger charge is -2.26. The summed E-state index contributed by atoms with van der Waals surface area (Å²) in [4.78, 5) is 45.0. The van der Waals surface area contributed by atoms with Gasteiger partial charge in [-0.2, -0.15) is 0 Å². The van der Waals surface area contributed by atoms with Crippen LogP contribution in [0, 0.1) is 5.92 Å². The zero-order chi connectivity index (χ0) is 30.0. The number of aliphatic hydroxyl groups is 2. The molecule has 2 aromatic rings. The molecule has 0 aliphatic rings. The maximum Gasteiger partial charge on any atom is 0.408 e. The van der Waals surface area contributed by atoms with Crippen LogP contribution in [0.1, 0.15) is 53.8 Å². The predicted octanol–water partition coefficient (Wildman–Crippen LogP) is 1.89. The number of imidazole rings is 1. The lowest BCUT2D eigenvalue weighted by atomic mass is 10.0. The van der Waals surface area contributed by atoms with Gasteiger partial charge in [0.25, 0.3) is 0 Å². The highest BCUT2D eigenvalue weighted by atomic mass is 16.6. The van der Waals surface area contributed by atoms with E-state index in [1.807, 2.05) is 34.7 Å². The molecule has 0 bridgehead atoms. The number of fused-ring (bicyclic) bond motifs is 1. The van der Waals surface area contributed by atoms with Gasteiger partial charge in [0.05, 0.1) is 30.9 Å². The van der Waals surface area contributed by atoms with E-state index in [1.54, 1.807) is 41.5 Å². The summed E-state index contributed by atoms with van der Waals surface area (Å²) in [5.41, 5.74) is 1.66. The molecule has 2 rings (SSSR count). The number of hydrogen-bond donors (Lipinski definition) is 4. The van der Waals surface area contributed by atoms with Gasteiger partial charge >= 0.3 is 12.1 Å². The molecule has 1 aromatic heterocycles. The maximum absolute atomic E-state index is 13.3. The van der Waals surface area contributed by atoms with Gasteiger partial charge in [-0.1, -0.05) is 13.8 Å². The minimum absolute atomic E-state index is 0.0482. The second-order valence-corrected chi connectivity index (χ2v) is 10.9. The zero-order valence-corrected chi connectivity index (χ0v) is 24.7. The number of esters is 1. The van der Waals surface area contributed by atoms with Crippen molar-refractivity contribution in [2.24, 2.45) is 13.0 Å². The molecule has 2 amide bonds. The van der Waals surface area contributed by atoms with Crippen LogP contribution < -0.4 is 15.5 Å². The number of aryl methyl sites for hydroxylation is 2. The van der Waals surface area contributed by atoms with Crippen molar-refractivity contribution in [3.05, 3.63) is 24.0 Å². The highest BCUT2D eigenvalue weighted by Gasteiger charge is 2.31. The van der Waals surface area contributed by atoms with Crippen molar-refractivity contribution in [2.75, 3.05) is 37.8 Å². The molecule has 0 radical (unpaired) electrons. The Balaban J connectivity index is 2.29. The number of rotatable bonds is 14. The molecular weight excluding hydrogens is 518 g/mol. The quantitative estimate of drug-likeness (QED) is 0.252. The third kappa shape index (κ3) is 9.37. The number of nitrogens with zero attached hydrogens (tertiary/aromatic N) is 3. The normalized spacial score (nSPS) is 13.2. The zero-order valence-electron chi connectivity index (χ0n) is 24.7. The first-order valence-electron chi connectivity index (χ1n) is 13.7. The van der Waals surface area contributed by atoms with Gasteiger partial charge in [0.1, 0.15) is 23.5 Å². The Kier molecular flexibility index (Phi) is 12.2. The summed E-state index contributed by atoms with van der Waals surface area (Å²) in [7, 11) is 1.87. The van der Waals surface area contributed by atoms with Gasteiger partial charge in [-0.3, -0.25) is 4.79 Å². The van der Waals surface area contributed by atoms with Gasteiger partial charge in [-0.25, -0.2) is 14.6 Å². The lowest BCUT2D eigenvalue weighted by molar-refractivity contribution is -0.149. The third-order valence-electron chi connectivity index (χ3n) is 6.23. The second kappa shape index (κ2) is 14.8. The lowest BCUT2D eigenvalue weighted by Crippen LogP contribution is -2.54. The molecule has 0 spiro atoms.